The van der Waals surface area contributed by atoms with Crippen molar-refractivity contribution >= 4 is 40.7 Å². The average molecular weight is 763 g/mol. The molecule has 12 nitrogen and oxygen atoms in total. The predicted molar refractivity (Wildman–Crippen MR) is 213 cm³/mol. The number of carbonyl (C=O) groups is 4. The van der Waals surface area contributed by atoms with Crippen LogP contribution in [0.1, 0.15) is 90.9 Å². The number of ether oxygens (including phenoxy) is 3. The van der Waals surface area contributed by atoms with E-state index in [0.29, 0.717) is 42.7 Å². The van der Waals surface area contributed by atoms with Gasteiger partial charge in [0.2, 0.25) is 11.8 Å². The van der Waals surface area contributed by atoms with Crippen LogP contribution in [-0.2, 0) is 30.4 Å². The molecule has 0 spiro atoms. The maximum absolute atomic E-state index is 13.9. The van der Waals surface area contributed by atoms with Gasteiger partial charge in [0, 0.05) is 43.9 Å². The Hall–Kier alpha value is -5.85. The molecule has 1 aliphatic heterocycles. The van der Waals surface area contributed by atoms with E-state index in [0.717, 1.165) is 41.2 Å². The first-order valence-corrected chi connectivity index (χ1v) is 19.1. The van der Waals surface area contributed by atoms with Crippen molar-refractivity contribution < 1.29 is 38.6 Å². The fourth-order valence-corrected chi connectivity index (χ4v) is 6.67. The minimum Gasteiger partial charge on any atom is -0.493 e. The van der Waals surface area contributed by atoms with Crippen LogP contribution in [0.2, 0.25) is 0 Å². The van der Waals surface area contributed by atoms with Gasteiger partial charge in [-0.3, -0.25) is 24.4 Å². The highest BCUT2D eigenvalue weighted by Crippen LogP contribution is 2.30. The van der Waals surface area contributed by atoms with Gasteiger partial charge in [0.1, 0.15) is 11.9 Å². The minimum absolute atomic E-state index is 0.0914. The number of unbranched alkanes of at least 4 members (excludes halogenated alkanes) is 3. The van der Waals surface area contributed by atoms with Crippen molar-refractivity contribution in [3.8, 4) is 5.75 Å². The van der Waals surface area contributed by atoms with Crippen LogP contribution < -0.4 is 15.6 Å². The van der Waals surface area contributed by atoms with Gasteiger partial charge in [0.25, 0.3) is 5.91 Å². The standard InChI is InChI=1S/C44H50N4O8/c1-54-31-38-43(34-18-7-6-8-19-34)56-42(51)24-11-3-2-10-23-41(50)48(38)30-33-17-15-16-32(28-33)29-45-46-44(52)37-25-26-39(36-21-13-12-20-35(36)37)55-27-14-5-4-9-22-40(49)47-53/h2-3,6-8,12-13,15-21,25-26,28-29,38,43,53H,4-5,9-11,14,22-24,27,30-31H2,1H3,(H,46,52)(H,47,49)/b3-2+,45-29+/t38-,43-/m0/s1. The van der Waals surface area contributed by atoms with E-state index in [2.05, 4.69) is 10.5 Å². The Morgan fingerprint density at radius 1 is 0.893 bits per heavy atom. The number of carbonyl (C=O) groups excluding carboxylic acids is 4. The second-order valence-electron chi connectivity index (χ2n) is 13.6. The van der Waals surface area contributed by atoms with Gasteiger partial charge in [-0.05, 0) is 66.0 Å². The van der Waals surface area contributed by atoms with Crippen LogP contribution >= 0.6 is 0 Å². The highest BCUT2D eigenvalue weighted by molar-refractivity contribution is 6.08. The van der Waals surface area contributed by atoms with Gasteiger partial charge in [-0.25, -0.2) is 10.9 Å². The van der Waals surface area contributed by atoms with E-state index in [1.165, 1.54) is 0 Å². The molecule has 0 saturated carbocycles. The number of hydrogen-bond acceptors (Lipinski definition) is 9. The number of hydroxylamine groups is 1. The van der Waals surface area contributed by atoms with E-state index in [1.807, 2.05) is 91.0 Å². The van der Waals surface area contributed by atoms with Crippen molar-refractivity contribution in [1.29, 1.82) is 0 Å². The molecule has 1 heterocycles. The fraction of sp³-hybridized carbons (Fsp3) is 0.341. The Bertz CT molecular complexity index is 1980. The van der Waals surface area contributed by atoms with E-state index in [1.54, 1.807) is 35.8 Å². The summed E-state index contributed by atoms with van der Waals surface area (Å²) in [6, 6.07) is 27.4. The zero-order valence-electron chi connectivity index (χ0n) is 31.7. The van der Waals surface area contributed by atoms with Crippen molar-refractivity contribution in [2.45, 2.75) is 76.5 Å². The van der Waals surface area contributed by atoms with Crippen LogP contribution in [0, 0.1) is 0 Å². The smallest absolute Gasteiger partial charge is 0.306 e. The van der Waals surface area contributed by atoms with Crippen molar-refractivity contribution in [2.75, 3.05) is 20.3 Å². The number of hydrazone groups is 1. The Morgan fingerprint density at radius 2 is 1.64 bits per heavy atom. The number of benzene rings is 4. The summed E-state index contributed by atoms with van der Waals surface area (Å²) in [5, 5.41) is 14.4. The predicted octanol–water partition coefficient (Wildman–Crippen LogP) is 7.20. The van der Waals surface area contributed by atoms with E-state index in [9.17, 15) is 19.2 Å². The summed E-state index contributed by atoms with van der Waals surface area (Å²) in [4.78, 5) is 53.1. The Balaban J connectivity index is 1.27. The Labute approximate surface area is 327 Å². The first kappa shape index (κ1) is 41.3. The van der Waals surface area contributed by atoms with Crippen LogP contribution in [0.4, 0.5) is 0 Å². The first-order chi connectivity index (χ1) is 27.4. The molecule has 2 atom stereocenters. The van der Waals surface area contributed by atoms with Crippen LogP contribution in [0.15, 0.2) is 108 Å². The van der Waals surface area contributed by atoms with Gasteiger partial charge < -0.3 is 19.1 Å². The van der Waals surface area contributed by atoms with Gasteiger partial charge in [0.15, 0.2) is 0 Å². The highest BCUT2D eigenvalue weighted by atomic mass is 16.5. The number of fused-ring (bicyclic) bond motifs is 1. The van der Waals surface area contributed by atoms with Crippen molar-refractivity contribution in [2.24, 2.45) is 5.10 Å². The molecule has 0 unspecified atom stereocenters. The van der Waals surface area contributed by atoms with E-state index in [4.69, 9.17) is 19.4 Å². The number of nitrogens with one attached hydrogen (secondary N) is 2. The summed E-state index contributed by atoms with van der Waals surface area (Å²) >= 11 is 0. The first-order valence-electron chi connectivity index (χ1n) is 19.1. The minimum atomic E-state index is -0.738. The number of hydrogen-bond donors (Lipinski definition) is 3. The number of nitrogens with zero attached hydrogens (tertiary/aromatic N) is 2. The van der Waals surface area contributed by atoms with Gasteiger partial charge in [-0.15, -0.1) is 0 Å². The third-order valence-electron chi connectivity index (χ3n) is 9.49. The van der Waals surface area contributed by atoms with Crippen LogP contribution in [0.5, 0.6) is 5.75 Å². The molecule has 3 amide bonds. The Kier molecular flexibility index (Phi) is 16.2. The lowest BCUT2D eigenvalue weighted by molar-refractivity contribution is -0.159. The highest BCUT2D eigenvalue weighted by Gasteiger charge is 2.35. The third-order valence-corrected chi connectivity index (χ3v) is 9.49. The second-order valence-corrected chi connectivity index (χ2v) is 13.6. The molecule has 4 aromatic carbocycles. The molecule has 5 rings (SSSR count). The number of allylic oxidation sites excluding steroid dienone is 2. The molecule has 4 aromatic rings. The molecule has 0 saturated heterocycles. The van der Waals surface area contributed by atoms with Crippen molar-refractivity contribution in [3.05, 3.63) is 125 Å². The lowest BCUT2D eigenvalue weighted by Gasteiger charge is -2.37. The zero-order valence-corrected chi connectivity index (χ0v) is 31.7. The molecule has 3 N–H and O–H groups in total. The summed E-state index contributed by atoms with van der Waals surface area (Å²) in [6.45, 7) is 0.871. The number of methoxy groups -OCH3 is 1. The second kappa shape index (κ2) is 21.9. The summed E-state index contributed by atoms with van der Waals surface area (Å²) in [5.74, 6) is -0.528. The molecule has 294 valence electrons. The normalized spacial score (nSPS) is 17.1. The summed E-state index contributed by atoms with van der Waals surface area (Å²) in [7, 11) is 1.57. The zero-order chi connectivity index (χ0) is 39.5. The molecular formula is C44H50N4O8. The average Bonchev–Trinajstić information content (AvgIpc) is 3.22. The molecule has 0 aromatic heterocycles. The largest absolute Gasteiger partial charge is 0.493 e. The van der Waals surface area contributed by atoms with Crippen LogP contribution in [0.25, 0.3) is 10.8 Å². The Morgan fingerprint density at radius 3 is 2.43 bits per heavy atom. The molecule has 56 heavy (non-hydrogen) atoms. The van der Waals surface area contributed by atoms with E-state index >= 15 is 0 Å². The summed E-state index contributed by atoms with van der Waals surface area (Å²) < 4.78 is 17.8. The molecule has 12 heteroatoms. The summed E-state index contributed by atoms with van der Waals surface area (Å²) in [6.07, 6.45) is 9.78. The number of esters is 1. The maximum Gasteiger partial charge on any atom is 0.306 e. The van der Waals surface area contributed by atoms with E-state index in [-0.39, 0.29) is 56.1 Å². The van der Waals surface area contributed by atoms with Crippen molar-refractivity contribution in [3.63, 3.8) is 0 Å². The molecule has 0 radical (unpaired) electrons. The number of rotatable bonds is 16. The maximum atomic E-state index is 13.9. The number of amides is 3. The monoisotopic (exact) mass is 762 g/mol. The fourth-order valence-electron chi connectivity index (χ4n) is 6.67. The lowest BCUT2D eigenvalue weighted by Crippen LogP contribution is -2.47. The lowest BCUT2D eigenvalue weighted by atomic mass is 9.99. The van der Waals surface area contributed by atoms with Crippen LogP contribution in [0.3, 0.4) is 0 Å². The summed E-state index contributed by atoms with van der Waals surface area (Å²) in [5.41, 5.74) is 7.06. The molecule has 0 fully saturated rings. The molecular weight excluding hydrogens is 713 g/mol. The quantitative estimate of drug-likeness (QED) is 0.0271. The van der Waals surface area contributed by atoms with Gasteiger partial charge >= 0.3 is 5.97 Å². The third kappa shape index (κ3) is 12.1. The number of cyclic esters (lactones) is 1. The molecule has 1 aliphatic rings. The van der Waals surface area contributed by atoms with Gasteiger partial charge in [-0.1, -0.05) is 97.8 Å². The molecule has 0 aliphatic carbocycles. The SMILES string of the molecule is COC[C@H]1[C@H](c2ccccc2)OC(=O)CC/C=C/CCC(=O)N1Cc1cccc(/C=N/NC(=O)c2ccc(OCCCCCCC(=O)NO)c3ccccc23)c1. The molecule has 0 bridgehead atoms. The van der Waals surface area contributed by atoms with Crippen molar-refractivity contribution in [1.82, 2.24) is 15.8 Å². The van der Waals surface area contributed by atoms with Crippen LogP contribution in [-0.4, -0.2) is 66.4 Å². The van der Waals surface area contributed by atoms with Gasteiger partial charge in [0.05, 0.1) is 25.5 Å². The van der Waals surface area contributed by atoms with E-state index < -0.39 is 12.1 Å². The topological polar surface area (TPSA) is 156 Å². The van der Waals surface area contributed by atoms with Gasteiger partial charge in [-0.2, -0.15) is 5.10 Å².